The molecule has 4 aromatic heterocycles. The molecule has 5 aromatic rings. The Morgan fingerprint density at radius 2 is 2.03 bits per heavy atom. The molecule has 0 aliphatic heterocycles. The molecule has 1 fully saturated rings. The Kier molecular flexibility index (Phi) is 4.28. The molecule has 2 N–H and O–H groups in total. The standard InChI is InChI=1S/C24H21N5O2S/c1-13-20(14(2)31-29-13)16-11-17(21-18(12-16)27-22(28-21)15-6-7-15)24(30,23-26-9-10-32-23)19-5-3-4-8-25-19/h3-5,8-12,15,30H,6-7H2,1-2H3,(H,27,28). The van der Waals surface area contributed by atoms with E-state index in [1.807, 2.05) is 43.5 Å². The first kappa shape index (κ1) is 19.3. The van der Waals surface area contributed by atoms with Gasteiger partial charge in [0.1, 0.15) is 16.6 Å². The highest BCUT2D eigenvalue weighted by molar-refractivity contribution is 7.09. The van der Waals surface area contributed by atoms with Crippen molar-refractivity contribution < 1.29 is 9.63 Å². The maximum Gasteiger partial charge on any atom is 0.186 e. The van der Waals surface area contributed by atoms with Gasteiger partial charge in [-0.2, -0.15) is 0 Å². The molecule has 7 nitrogen and oxygen atoms in total. The third-order valence-corrected chi connectivity index (χ3v) is 6.94. The summed E-state index contributed by atoms with van der Waals surface area (Å²) in [7, 11) is 0. The molecule has 4 heterocycles. The van der Waals surface area contributed by atoms with E-state index in [0.717, 1.165) is 52.3 Å². The van der Waals surface area contributed by atoms with Gasteiger partial charge in [-0.15, -0.1) is 11.3 Å². The molecule has 1 atom stereocenters. The van der Waals surface area contributed by atoms with Crippen LogP contribution >= 0.6 is 11.3 Å². The molecule has 0 spiro atoms. The summed E-state index contributed by atoms with van der Waals surface area (Å²) in [5.41, 5.74) is 3.80. The fourth-order valence-electron chi connectivity index (χ4n) is 4.34. The molecule has 160 valence electrons. The van der Waals surface area contributed by atoms with Crippen LogP contribution in [0.5, 0.6) is 0 Å². The molecule has 0 saturated heterocycles. The number of aliphatic hydroxyl groups is 1. The van der Waals surface area contributed by atoms with E-state index >= 15 is 0 Å². The largest absolute Gasteiger partial charge is 0.372 e. The molecule has 1 aliphatic carbocycles. The van der Waals surface area contributed by atoms with Crippen LogP contribution in [-0.4, -0.2) is 30.2 Å². The summed E-state index contributed by atoms with van der Waals surface area (Å²) >= 11 is 1.39. The lowest BCUT2D eigenvalue weighted by Crippen LogP contribution is -2.30. The summed E-state index contributed by atoms with van der Waals surface area (Å²) in [6.07, 6.45) is 5.64. The number of pyridine rings is 1. The number of hydrogen-bond donors (Lipinski definition) is 2. The number of thiazole rings is 1. The van der Waals surface area contributed by atoms with E-state index in [4.69, 9.17) is 9.51 Å². The summed E-state index contributed by atoms with van der Waals surface area (Å²) in [4.78, 5) is 17.4. The number of benzene rings is 1. The highest BCUT2D eigenvalue weighted by Gasteiger charge is 2.41. The van der Waals surface area contributed by atoms with Crippen molar-refractivity contribution in [2.24, 2.45) is 0 Å². The fourth-order valence-corrected chi connectivity index (χ4v) is 5.10. The number of hydrogen-bond acceptors (Lipinski definition) is 7. The van der Waals surface area contributed by atoms with Crippen molar-refractivity contribution in [1.29, 1.82) is 0 Å². The Morgan fingerprint density at radius 3 is 2.69 bits per heavy atom. The van der Waals surface area contributed by atoms with Crippen molar-refractivity contribution in [2.75, 3.05) is 0 Å². The van der Waals surface area contributed by atoms with Crippen LogP contribution in [-0.2, 0) is 5.60 Å². The predicted octanol–water partition coefficient (Wildman–Crippen LogP) is 4.85. The zero-order chi connectivity index (χ0) is 21.9. The van der Waals surface area contributed by atoms with E-state index in [1.165, 1.54) is 11.3 Å². The number of aryl methyl sites for hydroxylation is 2. The van der Waals surface area contributed by atoms with Crippen LogP contribution in [0.4, 0.5) is 0 Å². The van der Waals surface area contributed by atoms with Crippen molar-refractivity contribution in [3.05, 3.63) is 81.6 Å². The van der Waals surface area contributed by atoms with Gasteiger partial charge in [0, 0.05) is 34.8 Å². The number of aromatic amines is 1. The highest BCUT2D eigenvalue weighted by atomic mass is 32.1. The molecular formula is C24H21N5O2S. The minimum Gasteiger partial charge on any atom is -0.372 e. The monoisotopic (exact) mass is 443 g/mol. The van der Waals surface area contributed by atoms with E-state index in [1.54, 1.807) is 12.4 Å². The van der Waals surface area contributed by atoms with Gasteiger partial charge in [0.25, 0.3) is 0 Å². The van der Waals surface area contributed by atoms with Gasteiger partial charge in [-0.1, -0.05) is 11.2 Å². The summed E-state index contributed by atoms with van der Waals surface area (Å²) in [6.45, 7) is 3.82. The number of nitrogens with one attached hydrogen (secondary N) is 1. The van der Waals surface area contributed by atoms with E-state index in [2.05, 4.69) is 26.2 Å². The molecule has 1 aromatic carbocycles. The molecular weight excluding hydrogens is 422 g/mol. The van der Waals surface area contributed by atoms with Crippen LogP contribution in [0.1, 0.15) is 52.3 Å². The summed E-state index contributed by atoms with van der Waals surface area (Å²) in [5.74, 6) is 2.13. The van der Waals surface area contributed by atoms with Crippen LogP contribution in [0.15, 0.2) is 52.6 Å². The second kappa shape index (κ2) is 7.08. The first-order valence-electron chi connectivity index (χ1n) is 10.6. The lowest BCUT2D eigenvalue weighted by molar-refractivity contribution is 0.122. The summed E-state index contributed by atoms with van der Waals surface area (Å²) in [5, 5.41) is 18.9. The normalized spacial score (nSPS) is 15.8. The van der Waals surface area contributed by atoms with Crippen molar-refractivity contribution in [3.63, 3.8) is 0 Å². The molecule has 1 aliphatic rings. The maximum atomic E-state index is 12.3. The van der Waals surface area contributed by atoms with Crippen LogP contribution in [0.3, 0.4) is 0 Å². The van der Waals surface area contributed by atoms with E-state index in [0.29, 0.717) is 22.2 Å². The summed E-state index contributed by atoms with van der Waals surface area (Å²) < 4.78 is 5.44. The van der Waals surface area contributed by atoms with Crippen LogP contribution in [0.2, 0.25) is 0 Å². The first-order chi connectivity index (χ1) is 15.6. The van der Waals surface area contributed by atoms with Gasteiger partial charge in [-0.3, -0.25) is 4.98 Å². The van der Waals surface area contributed by atoms with E-state index < -0.39 is 5.60 Å². The molecule has 0 radical (unpaired) electrons. The van der Waals surface area contributed by atoms with Gasteiger partial charge in [0.05, 0.1) is 22.4 Å². The molecule has 6 rings (SSSR count). The number of imidazole rings is 1. The zero-order valence-corrected chi connectivity index (χ0v) is 18.5. The van der Waals surface area contributed by atoms with Gasteiger partial charge in [0.15, 0.2) is 5.60 Å². The van der Waals surface area contributed by atoms with Crippen LogP contribution < -0.4 is 0 Å². The lowest BCUT2D eigenvalue weighted by Gasteiger charge is -2.27. The summed E-state index contributed by atoms with van der Waals surface area (Å²) in [6, 6.07) is 9.56. The Labute approximate surface area is 188 Å². The Bertz CT molecular complexity index is 1400. The van der Waals surface area contributed by atoms with Crippen molar-refractivity contribution in [1.82, 2.24) is 25.1 Å². The smallest absolute Gasteiger partial charge is 0.186 e. The number of fused-ring (bicyclic) bond motifs is 1. The third kappa shape index (κ3) is 2.91. The van der Waals surface area contributed by atoms with Gasteiger partial charge < -0.3 is 14.6 Å². The first-order valence-corrected chi connectivity index (χ1v) is 11.4. The molecule has 1 unspecified atom stereocenters. The molecule has 0 bridgehead atoms. The van der Waals surface area contributed by atoms with Crippen molar-refractivity contribution in [2.45, 2.75) is 38.2 Å². The molecule has 8 heteroatoms. The second-order valence-electron chi connectivity index (χ2n) is 8.28. The number of H-pyrrole nitrogens is 1. The average molecular weight is 444 g/mol. The lowest BCUT2D eigenvalue weighted by atomic mass is 9.87. The number of rotatable bonds is 5. The fraction of sp³-hybridized carbons (Fsp3) is 0.250. The van der Waals surface area contributed by atoms with Crippen molar-refractivity contribution in [3.8, 4) is 11.1 Å². The minimum atomic E-state index is -1.56. The number of nitrogens with zero attached hydrogens (tertiary/aromatic N) is 4. The SMILES string of the molecule is Cc1noc(C)c1-c1cc(C(O)(c2ccccn2)c2nccs2)c2nc(C3CC3)[nH]c2c1. The maximum absolute atomic E-state index is 12.3. The van der Waals surface area contributed by atoms with Gasteiger partial charge in [-0.25, -0.2) is 9.97 Å². The third-order valence-electron chi connectivity index (χ3n) is 6.06. The Hall–Kier alpha value is -3.36. The Morgan fingerprint density at radius 1 is 1.16 bits per heavy atom. The van der Waals surface area contributed by atoms with E-state index in [-0.39, 0.29) is 0 Å². The van der Waals surface area contributed by atoms with Crippen LogP contribution in [0.25, 0.3) is 22.2 Å². The molecule has 1 saturated carbocycles. The minimum absolute atomic E-state index is 0.445. The zero-order valence-electron chi connectivity index (χ0n) is 17.7. The molecule has 0 amide bonds. The van der Waals surface area contributed by atoms with Crippen molar-refractivity contribution >= 4 is 22.4 Å². The van der Waals surface area contributed by atoms with Gasteiger partial charge in [-0.05, 0) is 56.5 Å². The topological polar surface area (TPSA) is 101 Å². The second-order valence-corrected chi connectivity index (χ2v) is 9.17. The van der Waals surface area contributed by atoms with Crippen LogP contribution in [0, 0.1) is 13.8 Å². The quantitative estimate of drug-likeness (QED) is 0.403. The van der Waals surface area contributed by atoms with E-state index in [9.17, 15) is 5.11 Å². The average Bonchev–Trinajstić information content (AvgIpc) is 3.19. The highest BCUT2D eigenvalue weighted by Crippen LogP contribution is 2.44. The predicted molar refractivity (Wildman–Crippen MR) is 121 cm³/mol. The number of aromatic nitrogens is 5. The molecule has 32 heavy (non-hydrogen) atoms. The van der Waals surface area contributed by atoms with Gasteiger partial charge >= 0.3 is 0 Å². The van der Waals surface area contributed by atoms with Gasteiger partial charge in [0.2, 0.25) is 0 Å². The Balaban J connectivity index is 1.69.